The maximum absolute atomic E-state index is 12.6. The summed E-state index contributed by atoms with van der Waals surface area (Å²) in [5, 5.41) is 0. The van der Waals surface area contributed by atoms with E-state index in [1.165, 1.54) is 0 Å². The van der Waals surface area contributed by atoms with Crippen molar-refractivity contribution >= 4 is 11.9 Å². The highest BCUT2D eigenvalue weighted by atomic mass is 16.6. The molecule has 0 amide bonds. The SMILES string of the molecule is CCC(CC)(C(=O)OCC(C)C)C(=O)Oc1ccc(OC)cc1. The number of hydrogen-bond acceptors (Lipinski definition) is 5. The molecule has 1 aromatic rings. The molecule has 0 aliphatic heterocycles. The molecule has 1 aromatic carbocycles. The Morgan fingerprint density at radius 1 is 1.00 bits per heavy atom. The summed E-state index contributed by atoms with van der Waals surface area (Å²) in [5.74, 6) is 0.149. The van der Waals surface area contributed by atoms with Crippen LogP contribution in [0.1, 0.15) is 40.5 Å². The molecular weight excluding hydrogens is 296 g/mol. The quantitative estimate of drug-likeness (QED) is 0.416. The highest BCUT2D eigenvalue weighted by molar-refractivity contribution is 6.00. The summed E-state index contributed by atoms with van der Waals surface area (Å²) in [6.07, 6.45) is 0.658. The molecule has 0 saturated carbocycles. The molecule has 0 heterocycles. The van der Waals surface area contributed by atoms with Gasteiger partial charge >= 0.3 is 11.9 Å². The second-order valence-electron chi connectivity index (χ2n) is 5.85. The molecule has 5 heteroatoms. The highest BCUT2D eigenvalue weighted by Crippen LogP contribution is 2.31. The molecule has 0 aliphatic carbocycles. The van der Waals surface area contributed by atoms with Gasteiger partial charge in [0.1, 0.15) is 11.5 Å². The van der Waals surface area contributed by atoms with Crippen LogP contribution in [0.3, 0.4) is 0 Å². The molecule has 0 aliphatic rings. The van der Waals surface area contributed by atoms with Crippen LogP contribution in [0, 0.1) is 11.3 Å². The Balaban J connectivity index is 2.89. The van der Waals surface area contributed by atoms with Crippen molar-refractivity contribution in [3.63, 3.8) is 0 Å². The summed E-state index contributed by atoms with van der Waals surface area (Å²) >= 11 is 0. The number of carbonyl (C=O) groups excluding carboxylic acids is 2. The Morgan fingerprint density at radius 2 is 1.52 bits per heavy atom. The average molecular weight is 322 g/mol. The molecule has 5 nitrogen and oxygen atoms in total. The number of carbonyl (C=O) groups is 2. The van der Waals surface area contributed by atoms with E-state index in [0.717, 1.165) is 0 Å². The Morgan fingerprint density at radius 3 is 1.96 bits per heavy atom. The van der Waals surface area contributed by atoms with Crippen molar-refractivity contribution in [2.45, 2.75) is 40.5 Å². The van der Waals surface area contributed by atoms with Gasteiger partial charge in [0, 0.05) is 0 Å². The third-order valence-electron chi connectivity index (χ3n) is 3.81. The van der Waals surface area contributed by atoms with Crippen LogP contribution in [0.15, 0.2) is 24.3 Å². The molecule has 0 saturated heterocycles. The van der Waals surface area contributed by atoms with E-state index >= 15 is 0 Å². The summed E-state index contributed by atoms with van der Waals surface area (Å²) in [6, 6.07) is 6.65. The third kappa shape index (κ3) is 4.71. The number of esters is 2. The lowest BCUT2D eigenvalue weighted by atomic mass is 9.82. The molecule has 0 aromatic heterocycles. The summed E-state index contributed by atoms with van der Waals surface area (Å²) in [5.41, 5.74) is -1.27. The van der Waals surface area contributed by atoms with Crippen LogP contribution in [-0.2, 0) is 14.3 Å². The number of methoxy groups -OCH3 is 1. The van der Waals surface area contributed by atoms with Crippen LogP contribution < -0.4 is 9.47 Å². The van der Waals surface area contributed by atoms with Gasteiger partial charge in [-0.3, -0.25) is 9.59 Å². The first-order valence-electron chi connectivity index (χ1n) is 7.93. The van der Waals surface area contributed by atoms with Gasteiger partial charge in [0.25, 0.3) is 0 Å². The van der Waals surface area contributed by atoms with Gasteiger partial charge < -0.3 is 14.2 Å². The first-order valence-corrected chi connectivity index (χ1v) is 7.93. The topological polar surface area (TPSA) is 61.8 Å². The molecular formula is C18H26O5. The van der Waals surface area contributed by atoms with Crippen molar-refractivity contribution in [2.24, 2.45) is 11.3 Å². The standard InChI is InChI=1S/C18H26O5/c1-6-18(7-2,16(19)22-12-13(3)4)17(20)23-15-10-8-14(21-5)9-11-15/h8-11,13H,6-7,12H2,1-5H3. The van der Waals surface area contributed by atoms with Crippen LogP contribution in [0.2, 0.25) is 0 Å². The van der Waals surface area contributed by atoms with Gasteiger partial charge in [-0.2, -0.15) is 0 Å². The summed E-state index contributed by atoms with van der Waals surface area (Å²) in [7, 11) is 1.56. The van der Waals surface area contributed by atoms with Crippen molar-refractivity contribution in [3.8, 4) is 11.5 Å². The summed E-state index contributed by atoms with van der Waals surface area (Å²) < 4.78 is 15.7. The minimum Gasteiger partial charge on any atom is -0.497 e. The Labute approximate surface area is 137 Å². The molecule has 0 radical (unpaired) electrons. The van der Waals surface area contributed by atoms with E-state index in [2.05, 4.69) is 0 Å². The first kappa shape index (κ1) is 19.0. The molecule has 0 bridgehead atoms. The Kier molecular flexibility index (Phi) is 7.07. The molecule has 1 rings (SSSR count). The number of ether oxygens (including phenoxy) is 3. The van der Waals surface area contributed by atoms with Gasteiger partial charge in [0.2, 0.25) is 0 Å². The van der Waals surface area contributed by atoms with E-state index in [0.29, 0.717) is 24.3 Å². The van der Waals surface area contributed by atoms with E-state index in [4.69, 9.17) is 14.2 Å². The number of hydrogen-bond donors (Lipinski definition) is 0. The summed E-state index contributed by atoms with van der Waals surface area (Å²) in [6.45, 7) is 7.76. The fraction of sp³-hybridized carbons (Fsp3) is 0.556. The maximum Gasteiger partial charge on any atom is 0.328 e. The van der Waals surface area contributed by atoms with Crippen molar-refractivity contribution < 1.29 is 23.8 Å². The zero-order chi connectivity index (χ0) is 17.5. The van der Waals surface area contributed by atoms with Crippen molar-refractivity contribution in [3.05, 3.63) is 24.3 Å². The largest absolute Gasteiger partial charge is 0.497 e. The third-order valence-corrected chi connectivity index (χ3v) is 3.81. The molecule has 0 unspecified atom stereocenters. The fourth-order valence-electron chi connectivity index (χ4n) is 2.14. The Bertz CT molecular complexity index is 515. The van der Waals surface area contributed by atoms with Gasteiger partial charge in [-0.05, 0) is 43.0 Å². The van der Waals surface area contributed by atoms with Crippen molar-refractivity contribution in [2.75, 3.05) is 13.7 Å². The molecule has 0 N–H and O–H groups in total. The zero-order valence-corrected chi connectivity index (χ0v) is 14.5. The molecule has 23 heavy (non-hydrogen) atoms. The van der Waals surface area contributed by atoms with Gasteiger partial charge in [0.15, 0.2) is 5.41 Å². The lowest BCUT2D eigenvalue weighted by molar-refractivity contribution is -0.168. The Hall–Kier alpha value is -2.04. The van der Waals surface area contributed by atoms with Crippen LogP contribution in [0.25, 0.3) is 0 Å². The molecule has 0 atom stereocenters. The molecule has 0 spiro atoms. The first-order chi connectivity index (χ1) is 10.9. The van der Waals surface area contributed by atoms with Gasteiger partial charge in [-0.25, -0.2) is 0 Å². The highest BCUT2D eigenvalue weighted by Gasteiger charge is 2.46. The van der Waals surface area contributed by atoms with E-state index < -0.39 is 17.4 Å². The van der Waals surface area contributed by atoms with Crippen LogP contribution >= 0.6 is 0 Å². The molecule has 128 valence electrons. The van der Waals surface area contributed by atoms with E-state index in [9.17, 15) is 9.59 Å². The smallest absolute Gasteiger partial charge is 0.328 e. The number of rotatable bonds is 8. The van der Waals surface area contributed by atoms with E-state index in [1.807, 2.05) is 13.8 Å². The molecule has 0 fully saturated rings. The van der Waals surface area contributed by atoms with E-state index in [1.54, 1.807) is 45.2 Å². The fourth-order valence-corrected chi connectivity index (χ4v) is 2.14. The van der Waals surface area contributed by atoms with E-state index in [-0.39, 0.29) is 12.5 Å². The van der Waals surface area contributed by atoms with Gasteiger partial charge in [0.05, 0.1) is 13.7 Å². The van der Waals surface area contributed by atoms with Crippen molar-refractivity contribution in [1.29, 1.82) is 0 Å². The average Bonchev–Trinajstić information content (AvgIpc) is 2.55. The van der Waals surface area contributed by atoms with Gasteiger partial charge in [-0.15, -0.1) is 0 Å². The monoisotopic (exact) mass is 322 g/mol. The maximum atomic E-state index is 12.6. The number of benzene rings is 1. The lowest BCUT2D eigenvalue weighted by Crippen LogP contribution is -2.42. The zero-order valence-electron chi connectivity index (χ0n) is 14.5. The van der Waals surface area contributed by atoms with Crippen LogP contribution in [-0.4, -0.2) is 25.7 Å². The normalized spacial score (nSPS) is 11.2. The minimum atomic E-state index is -1.27. The van der Waals surface area contributed by atoms with Crippen LogP contribution in [0.4, 0.5) is 0 Å². The summed E-state index contributed by atoms with van der Waals surface area (Å²) in [4.78, 5) is 25.0. The van der Waals surface area contributed by atoms with Gasteiger partial charge in [-0.1, -0.05) is 27.7 Å². The van der Waals surface area contributed by atoms with Crippen LogP contribution in [0.5, 0.6) is 11.5 Å². The predicted octanol–water partition coefficient (Wildman–Crippen LogP) is 3.61. The lowest BCUT2D eigenvalue weighted by Gasteiger charge is -2.27. The predicted molar refractivity (Wildman–Crippen MR) is 87.4 cm³/mol. The second kappa shape index (κ2) is 8.56. The minimum absolute atomic E-state index is 0.211. The second-order valence-corrected chi connectivity index (χ2v) is 5.85. The van der Waals surface area contributed by atoms with Crippen molar-refractivity contribution in [1.82, 2.24) is 0 Å².